The van der Waals surface area contributed by atoms with Crippen molar-refractivity contribution in [3.8, 4) is 0 Å². The van der Waals surface area contributed by atoms with Gasteiger partial charge in [-0.05, 0) is 28.0 Å². The molecule has 6 heteroatoms. The van der Waals surface area contributed by atoms with E-state index in [1.165, 1.54) is 0 Å². The van der Waals surface area contributed by atoms with Crippen LogP contribution >= 0.6 is 0 Å². The monoisotopic (exact) mass is 374 g/mol. The highest BCUT2D eigenvalue weighted by Gasteiger charge is 2.29. The molecule has 1 aliphatic heterocycles. The van der Waals surface area contributed by atoms with E-state index in [0.717, 1.165) is 21.2 Å². The maximum Gasteiger partial charge on any atom is 0.338 e. The number of rotatable bonds is 5. The van der Waals surface area contributed by atoms with Gasteiger partial charge in [-0.2, -0.15) is 0 Å². The average molecular weight is 374 g/mol. The molecule has 6 nitrogen and oxygen atoms in total. The zero-order chi connectivity index (χ0) is 19.5. The summed E-state index contributed by atoms with van der Waals surface area (Å²) < 4.78 is 5.54. The number of ether oxygens (including phenoxy) is 1. The van der Waals surface area contributed by atoms with Gasteiger partial charge in [-0.3, -0.25) is 9.69 Å². The van der Waals surface area contributed by atoms with E-state index in [2.05, 4.69) is 5.32 Å². The molecular weight excluding hydrogens is 356 g/mol. The van der Waals surface area contributed by atoms with Crippen LogP contribution in [0.2, 0.25) is 0 Å². The van der Waals surface area contributed by atoms with Gasteiger partial charge in [-0.25, -0.2) is 9.59 Å². The Morgan fingerprint density at radius 1 is 0.929 bits per heavy atom. The Hall–Kier alpha value is -3.67. The molecule has 3 amide bonds. The first-order valence-electron chi connectivity index (χ1n) is 8.93. The third-order valence-corrected chi connectivity index (χ3v) is 4.74. The first-order chi connectivity index (χ1) is 13.6. The lowest BCUT2D eigenvalue weighted by Gasteiger charge is -2.15. The van der Waals surface area contributed by atoms with Gasteiger partial charge in [-0.1, -0.05) is 60.7 Å². The minimum atomic E-state index is -0.490. The number of fused-ring (bicyclic) bond motifs is 1. The van der Waals surface area contributed by atoms with Gasteiger partial charge in [0, 0.05) is 0 Å². The summed E-state index contributed by atoms with van der Waals surface area (Å²) in [6.07, 6.45) is 0. The molecule has 0 saturated carbocycles. The third kappa shape index (κ3) is 3.44. The molecule has 0 aromatic heterocycles. The van der Waals surface area contributed by atoms with Crippen molar-refractivity contribution in [3.05, 3.63) is 83.4 Å². The molecule has 0 unspecified atom stereocenters. The standard InChI is InChI=1S/C22H18N2O4/c25-20-12-23-22(27)24(20)13-16-7-2-4-11-19(16)21(26)28-14-17-9-5-8-15-6-1-3-10-18(15)17/h1-11H,12-14H2,(H,23,27). The van der Waals surface area contributed by atoms with E-state index in [1.807, 2.05) is 42.5 Å². The maximum atomic E-state index is 12.7. The molecular formula is C22H18N2O4. The quantitative estimate of drug-likeness (QED) is 0.549. The van der Waals surface area contributed by atoms with Crippen LogP contribution in [0.1, 0.15) is 21.5 Å². The molecule has 140 valence electrons. The molecule has 0 radical (unpaired) electrons. The number of nitrogens with zero attached hydrogens (tertiary/aromatic N) is 1. The van der Waals surface area contributed by atoms with Crippen molar-refractivity contribution >= 4 is 28.7 Å². The third-order valence-electron chi connectivity index (χ3n) is 4.74. The summed E-state index contributed by atoms with van der Waals surface area (Å²) in [5.74, 6) is -0.806. The number of nitrogens with one attached hydrogen (secondary N) is 1. The van der Waals surface area contributed by atoms with Crippen molar-refractivity contribution in [2.45, 2.75) is 13.2 Å². The summed E-state index contributed by atoms with van der Waals surface area (Å²) in [5, 5.41) is 4.58. The van der Waals surface area contributed by atoms with Crippen LogP contribution < -0.4 is 5.32 Å². The zero-order valence-electron chi connectivity index (χ0n) is 15.1. The van der Waals surface area contributed by atoms with Crippen molar-refractivity contribution < 1.29 is 19.1 Å². The lowest BCUT2D eigenvalue weighted by Crippen LogP contribution is -2.31. The second kappa shape index (κ2) is 7.52. The van der Waals surface area contributed by atoms with Crippen LogP contribution in [0.25, 0.3) is 10.8 Å². The van der Waals surface area contributed by atoms with Crippen molar-refractivity contribution in [3.63, 3.8) is 0 Å². The number of esters is 1. The molecule has 0 spiro atoms. The summed E-state index contributed by atoms with van der Waals surface area (Å²) in [5.41, 5.74) is 1.82. The van der Waals surface area contributed by atoms with Crippen LogP contribution in [-0.2, 0) is 22.7 Å². The Kier molecular flexibility index (Phi) is 4.76. The fourth-order valence-electron chi connectivity index (χ4n) is 3.28. The summed E-state index contributed by atoms with van der Waals surface area (Å²) >= 11 is 0. The molecule has 0 bridgehead atoms. The van der Waals surface area contributed by atoms with E-state index in [4.69, 9.17) is 4.74 Å². The minimum absolute atomic E-state index is 0.0213. The second-order valence-corrected chi connectivity index (χ2v) is 6.51. The molecule has 1 heterocycles. The normalized spacial score (nSPS) is 13.6. The first-order valence-corrected chi connectivity index (χ1v) is 8.93. The van der Waals surface area contributed by atoms with Gasteiger partial charge in [0.1, 0.15) is 6.61 Å². The number of hydrogen-bond donors (Lipinski definition) is 1. The van der Waals surface area contributed by atoms with Crippen LogP contribution in [0.3, 0.4) is 0 Å². The maximum absolute atomic E-state index is 12.7. The van der Waals surface area contributed by atoms with Crippen molar-refractivity contribution in [1.82, 2.24) is 10.2 Å². The largest absolute Gasteiger partial charge is 0.457 e. The highest BCUT2D eigenvalue weighted by atomic mass is 16.5. The van der Waals surface area contributed by atoms with E-state index in [1.54, 1.807) is 24.3 Å². The molecule has 1 fully saturated rings. The van der Waals surface area contributed by atoms with Gasteiger partial charge in [0.15, 0.2) is 0 Å². The number of hydrogen-bond acceptors (Lipinski definition) is 4. The van der Waals surface area contributed by atoms with Crippen LogP contribution in [0.15, 0.2) is 66.7 Å². The number of carbonyl (C=O) groups excluding carboxylic acids is 3. The van der Waals surface area contributed by atoms with Crippen LogP contribution in [0.4, 0.5) is 4.79 Å². The topological polar surface area (TPSA) is 75.7 Å². The molecule has 28 heavy (non-hydrogen) atoms. The molecule has 3 aromatic carbocycles. The van der Waals surface area contributed by atoms with E-state index >= 15 is 0 Å². The zero-order valence-corrected chi connectivity index (χ0v) is 15.1. The fourth-order valence-corrected chi connectivity index (χ4v) is 3.28. The van der Waals surface area contributed by atoms with Gasteiger partial charge in [0.25, 0.3) is 0 Å². The van der Waals surface area contributed by atoms with E-state index < -0.39 is 12.0 Å². The molecule has 0 aliphatic carbocycles. The van der Waals surface area contributed by atoms with E-state index in [0.29, 0.717) is 11.1 Å². The number of carbonyl (C=O) groups is 3. The summed E-state index contributed by atoms with van der Waals surface area (Å²) in [6.45, 7) is 0.147. The van der Waals surface area contributed by atoms with Gasteiger partial charge < -0.3 is 10.1 Å². The lowest BCUT2D eigenvalue weighted by molar-refractivity contribution is -0.125. The Balaban J connectivity index is 1.52. The van der Waals surface area contributed by atoms with Crippen LogP contribution in [0, 0.1) is 0 Å². The summed E-state index contributed by atoms with van der Waals surface area (Å²) in [6, 6.07) is 20.2. The summed E-state index contributed by atoms with van der Waals surface area (Å²) in [4.78, 5) is 37.4. The van der Waals surface area contributed by atoms with Crippen LogP contribution in [0.5, 0.6) is 0 Å². The molecule has 0 atom stereocenters. The van der Waals surface area contributed by atoms with E-state index in [-0.39, 0.29) is 25.6 Å². The molecule has 4 rings (SSSR count). The Labute approximate surface area is 161 Å². The summed E-state index contributed by atoms with van der Waals surface area (Å²) in [7, 11) is 0. The van der Waals surface area contributed by atoms with Gasteiger partial charge in [0.05, 0.1) is 18.7 Å². The Bertz CT molecular complexity index is 1060. The SMILES string of the molecule is O=C(OCc1cccc2ccccc12)c1ccccc1CN1C(=O)CNC1=O. The molecule has 1 saturated heterocycles. The number of urea groups is 1. The number of imide groups is 1. The predicted molar refractivity (Wildman–Crippen MR) is 103 cm³/mol. The molecule has 1 aliphatic rings. The van der Waals surface area contributed by atoms with Gasteiger partial charge >= 0.3 is 12.0 Å². The highest BCUT2D eigenvalue weighted by molar-refractivity contribution is 6.02. The second-order valence-electron chi connectivity index (χ2n) is 6.51. The Morgan fingerprint density at radius 2 is 1.64 bits per heavy atom. The van der Waals surface area contributed by atoms with E-state index in [9.17, 15) is 14.4 Å². The molecule has 3 aromatic rings. The smallest absolute Gasteiger partial charge is 0.338 e. The number of amides is 3. The number of benzene rings is 3. The highest BCUT2D eigenvalue weighted by Crippen LogP contribution is 2.21. The van der Waals surface area contributed by atoms with Gasteiger partial charge in [-0.15, -0.1) is 0 Å². The Morgan fingerprint density at radius 3 is 2.46 bits per heavy atom. The fraction of sp³-hybridized carbons (Fsp3) is 0.136. The molecule has 1 N–H and O–H groups in total. The van der Waals surface area contributed by atoms with Crippen molar-refractivity contribution in [2.24, 2.45) is 0 Å². The van der Waals surface area contributed by atoms with Crippen LogP contribution in [-0.4, -0.2) is 29.4 Å². The predicted octanol–water partition coefficient (Wildman–Crippen LogP) is 3.25. The van der Waals surface area contributed by atoms with Gasteiger partial charge in [0.2, 0.25) is 5.91 Å². The van der Waals surface area contributed by atoms with Crippen molar-refractivity contribution in [1.29, 1.82) is 0 Å². The first kappa shape index (κ1) is 17.7. The average Bonchev–Trinajstić information content (AvgIpc) is 3.04. The lowest BCUT2D eigenvalue weighted by atomic mass is 10.1. The van der Waals surface area contributed by atoms with Crippen molar-refractivity contribution in [2.75, 3.05) is 6.54 Å². The minimum Gasteiger partial charge on any atom is -0.457 e.